The molecule has 0 atom stereocenters. The molecule has 8 nitrogen and oxygen atoms in total. The van der Waals surface area contributed by atoms with Crippen LogP contribution in [-0.2, 0) is 5.54 Å². The minimum absolute atomic E-state index is 0.228. The maximum absolute atomic E-state index is 13.1. The van der Waals surface area contributed by atoms with Crippen molar-refractivity contribution in [3.8, 4) is 22.5 Å². The number of amides is 1. The number of aromatic nitrogens is 4. The van der Waals surface area contributed by atoms with Crippen molar-refractivity contribution < 1.29 is 4.79 Å². The molecule has 2 aromatic heterocycles. The van der Waals surface area contributed by atoms with Gasteiger partial charge in [-0.2, -0.15) is 4.99 Å². The van der Waals surface area contributed by atoms with E-state index in [0.29, 0.717) is 17.2 Å². The van der Waals surface area contributed by atoms with E-state index < -0.39 is 0 Å². The number of fused-ring (bicyclic) bond motifs is 1. The zero-order valence-electron chi connectivity index (χ0n) is 19.5. The summed E-state index contributed by atoms with van der Waals surface area (Å²) in [5.74, 6) is 1.24. The molecule has 2 heterocycles. The van der Waals surface area contributed by atoms with Gasteiger partial charge in [-0.1, -0.05) is 24.3 Å². The van der Waals surface area contributed by atoms with Crippen LogP contribution in [0.1, 0.15) is 44.0 Å². The molecule has 172 valence electrons. The molecule has 5 rings (SSSR count). The Labute approximate surface area is 197 Å². The number of imidazole rings is 1. The van der Waals surface area contributed by atoms with E-state index in [1.807, 2.05) is 36.4 Å². The highest BCUT2D eigenvalue weighted by atomic mass is 16.1. The number of anilines is 1. The molecule has 2 aromatic carbocycles. The second-order valence-corrected chi connectivity index (χ2v) is 9.64. The summed E-state index contributed by atoms with van der Waals surface area (Å²) in [6.07, 6.45) is 5.37. The molecule has 1 fully saturated rings. The number of hydrogen-bond acceptors (Lipinski definition) is 5. The Morgan fingerprint density at radius 3 is 2.44 bits per heavy atom. The molecule has 4 aromatic rings. The predicted molar refractivity (Wildman–Crippen MR) is 134 cm³/mol. The first-order chi connectivity index (χ1) is 16.2. The number of benzene rings is 2. The summed E-state index contributed by atoms with van der Waals surface area (Å²) < 4.78 is 2.16. The van der Waals surface area contributed by atoms with Gasteiger partial charge in [-0.05, 0) is 57.4 Å². The fraction of sp³-hybridized carbons (Fsp3) is 0.269. The van der Waals surface area contributed by atoms with Gasteiger partial charge in [-0.15, -0.1) is 0 Å². The van der Waals surface area contributed by atoms with Crippen molar-refractivity contribution in [1.29, 1.82) is 0 Å². The Morgan fingerprint density at radius 1 is 1.06 bits per heavy atom. The monoisotopic (exact) mass is 453 g/mol. The van der Waals surface area contributed by atoms with Gasteiger partial charge in [0.2, 0.25) is 5.95 Å². The third-order valence-corrected chi connectivity index (χ3v) is 5.96. The van der Waals surface area contributed by atoms with Gasteiger partial charge in [0.05, 0.1) is 16.6 Å². The third kappa shape index (κ3) is 4.03. The van der Waals surface area contributed by atoms with E-state index in [9.17, 15) is 4.79 Å². The van der Waals surface area contributed by atoms with Crippen LogP contribution in [0.3, 0.4) is 0 Å². The number of carbonyl (C=O) groups excluding carboxylic acids is 1. The largest absolute Gasteiger partial charge is 0.387 e. The van der Waals surface area contributed by atoms with Crippen LogP contribution in [0.25, 0.3) is 33.5 Å². The zero-order valence-corrected chi connectivity index (χ0v) is 19.5. The molecule has 1 saturated carbocycles. The Hall–Kier alpha value is -4.07. The molecule has 1 aliphatic carbocycles. The maximum Gasteiger partial charge on any atom is 0.279 e. The van der Waals surface area contributed by atoms with Gasteiger partial charge in [-0.25, -0.2) is 15.0 Å². The van der Waals surface area contributed by atoms with E-state index in [4.69, 9.17) is 16.5 Å². The van der Waals surface area contributed by atoms with Crippen LogP contribution in [0.5, 0.6) is 0 Å². The van der Waals surface area contributed by atoms with E-state index in [-0.39, 0.29) is 23.3 Å². The molecule has 1 aliphatic rings. The summed E-state index contributed by atoms with van der Waals surface area (Å²) in [7, 11) is 0. The molecule has 0 spiro atoms. The number of hydrogen-bond donors (Lipinski definition) is 2. The normalized spacial score (nSPS) is 14.5. The summed E-state index contributed by atoms with van der Waals surface area (Å²) in [6.45, 7) is 6.35. The quantitative estimate of drug-likeness (QED) is 0.348. The molecule has 0 aliphatic heterocycles. The number of amidine groups is 1. The minimum atomic E-state index is -0.341. The number of nitrogens with two attached hydrogens (primary N) is 2. The maximum atomic E-state index is 13.1. The summed E-state index contributed by atoms with van der Waals surface area (Å²) in [5.41, 5.74) is 16.2. The standard InChI is InChI=1S/C26H27N7O/c1-26(2,3)33-21-11-10-16(17-13-29-25(28)30-14-17)12-20(21)31-23(33)18-6-4-5-7-19(18)24(34)32-22(27)15-8-9-15/h4-7,10-15H,8-9H2,1-3H3,(H2,27,32,34)(H2,28,29,30). The first-order valence-corrected chi connectivity index (χ1v) is 11.3. The number of nitrogen functional groups attached to an aromatic ring is 1. The molecular formula is C26H27N7O. The van der Waals surface area contributed by atoms with Crippen molar-refractivity contribution in [2.75, 3.05) is 5.73 Å². The van der Waals surface area contributed by atoms with Gasteiger partial charge in [0.1, 0.15) is 11.7 Å². The SMILES string of the molecule is CC(C)(C)n1c(-c2ccccc2C(=O)N=C(N)C2CC2)nc2cc(-c3cnc(N)nc3)ccc21. The lowest BCUT2D eigenvalue weighted by Gasteiger charge is -2.25. The van der Waals surface area contributed by atoms with E-state index in [2.05, 4.69) is 40.3 Å². The summed E-state index contributed by atoms with van der Waals surface area (Å²) >= 11 is 0. The van der Waals surface area contributed by atoms with Gasteiger partial charge in [0, 0.05) is 35.0 Å². The summed E-state index contributed by atoms with van der Waals surface area (Å²) in [5, 5.41) is 0. The molecule has 0 unspecified atom stereocenters. The van der Waals surface area contributed by atoms with Crippen molar-refractivity contribution in [1.82, 2.24) is 19.5 Å². The van der Waals surface area contributed by atoms with Crippen LogP contribution in [0.4, 0.5) is 5.95 Å². The van der Waals surface area contributed by atoms with Gasteiger partial charge in [0.25, 0.3) is 5.91 Å². The number of nitrogens with zero attached hydrogens (tertiary/aromatic N) is 5. The molecular weight excluding hydrogens is 426 g/mol. The van der Waals surface area contributed by atoms with Crippen molar-refractivity contribution in [3.05, 3.63) is 60.4 Å². The van der Waals surface area contributed by atoms with E-state index in [0.717, 1.165) is 40.6 Å². The van der Waals surface area contributed by atoms with Crippen molar-refractivity contribution in [2.45, 2.75) is 39.2 Å². The van der Waals surface area contributed by atoms with Crippen molar-refractivity contribution >= 4 is 28.7 Å². The van der Waals surface area contributed by atoms with E-state index in [1.54, 1.807) is 18.5 Å². The fourth-order valence-corrected chi connectivity index (χ4v) is 4.12. The lowest BCUT2D eigenvalue weighted by Crippen LogP contribution is -2.23. The van der Waals surface area contributed by atoms with Crippen LogP contribution < -0.4 is 11.5 Å². The second kappa shape index (κ2) is 8.06. The topological polar surface area (TPSA) is 125 Å². The third-order valence-electron chi connectivity index (χ3n) is 5.96. The highest BCUT2D eigenvalue weighted by Crippen LogP contribution is 2.35. The summed E-state index contributed by atoms with van der Waals surface area (Å²) in [4.78, 5) is 30.5. The first kappa shape index (κ1) is 21.8. The molecule has 0 radical (unpaired) electrons. The fourth-order valence-electron chi connectivity index (χ4n) is 4.12. The molecule has 1 amide bonds. The van der Waals surface area contributed by atoms with Crippen molar-refractivity contribution in [2.24, 2.45) is 16.6 Å². The lowest BCUT2D eigenvalue weighted by atomic mass is 10.0. The van der Waals surface area contributed by atoms with Crippen LogP contribution >= 0.6 is 0 Å². The molecule has 4 N–H and O–H groups in total. The van der Waals surface area contributed by atoms with Gasteiger partial charge in [-0.3, -0.25) is 4.79 Å². The Morgan fingerprint density at radius 2 is 1.76 bits per heavy atom. The molecule has 34 heavy (non-hydrogen) atoms. The minimum Gasteiger partial charge on any atom is -0.387 e. The van der Waals surface area contributed by atoms with E-state index >= 15 is 0 Å². The first-order valence-electron chi connectivity index (χ1n) is 11.3. The molecule has 0 saturated heterocycles. The summed E-state index contributed by atoms with van der Waals surface area (Å²) in [6, 6.07) is 13.5. The van der Waals surface area contributed by atoms with Crippen molar-refractivity contribution in [3.63, 3.8) is 0 Å². The van der Waals surface area contributed by atoms with E-state index in [1.165, 1.54) is 0 Å². The number of rotatable bonds is 4. The van der Waals surface area contributed by atoms with Crippen LogP contribution in [-0.4, -0.2) is 31.3 Å². The Kier molecular flexibility index (Phi) is 5.16. The van der Waals surface area contributed by atoms with Gasteiger partial charge >= 0.3 is 0 Å². The van der Waals surface area contributed by atoms with Crippen LogP contribution in [0, 0.1) is 5.92 Å². The number of carbonyl (C=O) groups is 1. The van der Waals surface area contributed by atoms with Gasteiger partial charge < -0.3 is 16.0 Å². The highest BCUT2D eigenvalue weighted by molar-refractivity contribution is 6.07. The highest BCUT2D eigenvalue weighted by Gasteiger charge is 2.28. The zero-order chi connectivity index (χ0) is 24.0. The average Bonchev–Trinajstić information content (AvgIpc) is 3.58. The average molecular weight is 454 g/mol. The Balaban J connectivity index is 1.67. The van der Waals surface area contributed by atoms with Gasteiger partial charge in [0.15, 0.2) is 0 Å². The number of aliphatic imine (C=N–C) groups is 1. The van der Waals surface area contributed by atoms with Crippen LogP contribution in [0.2, 0.25) is 0 Å². The predicted octanol–water partition coefficient (Wildman–Crippen LogP) is 4.40. The smallest absolute Gasteiger partial charge is 0.279 e. The molecule has 0 bridgehead atoms. The molecule has 8 heteroatoms. The Bertz CT molecular complexity index is 1420. The second-order valence-electron chi connectivity index (χ2n) is 9.64. The van der Waals surface area contributed by atoms with Crippen LogP contribution in [0.15, 0.2) is 59.9 Å². The lowest BCUT2D eigenvalue weighted by molar-refractivity contribution is 0.100.